The quantitative estimate of drug-likeness (QED) is 0.0668. The molecule has 1 spiro atoms. The van der Waals surface area contributed by atoms with Crippen molar-refractivity contribution >= 4 is 52.6 Å². The van der Waals surface area contributed by atoms with E-state index in [0.29, 0.717) is 54.1 Å². The van der Waals surface area contributed by atoms with Gasteiger partial charge in [0.25, 0.3) is 11.8 Å². The fourth-order valence-electron chi connectivity index (χ4n) is 10.6. The molecule has 5 atom stereocenters. The number of hydrogen-bond donors (Lipinski definition) is 2. The molecule has 4 aromatic carbocycles. The van der Waals surface area contributed by atoms with Crippen LogP contribution in [0.2, 0.25) is 0 Å². The number of aliphatic hydroxyl groups is 1. The Morgan fingerprint density at radius 3 is 2.23 bits per heavy atom. The average Bonchev–Trinajstić information content (AvgIpc) is 4.19. The predicted octanol–water partition coefficient (Wildman–Crippen LogP) is 8.64. The van der Waals surface area contributed by atoms with Crippen molar-refractivity contribution in [3.05, 3.63) is 125 Å². The second-order valence-corrected chi connectivity index (χ2v) is 21.4. The first-order chi connectivity index (χ1) is 37.4. The maximum absolute atomic E-state index is 14.4. The zero-order valence-corrected chi connectivity index (χ0v) is 45.4. The highest BCUT2D eigenvalue weighted by Crippen LogP contribution is 2.57. The first-order valence-electron chi connectivity index (χ1n) is 26.6. The molecule has 4 aromatic rings. The fraction of sp³-hybridized carbons (Fsp3) is 0.433. The largest absolute Gasteiger partial charge is 0.497 e. The molecule has 0 aromatic heterocycles. The first kappa shape index (κ1) is 54.9. The summed E-state index contributed by atoms with van der Waals surface area (Å²) in [6.45, 7) is 13.6. The Kier molecular flexibility index (Phi) is 16.2. The minimum absolute atomic E-state index is 0.0350. The van der Waals surface area contributed by atoms with Crippen molar-refractivity contribution in [3.8, 4) is 23.0 Å². The van der Waals surface area contributed by atoms with Gasteiger partial charge in [-0.05, 0) is 103 Å². The van der Waals surface area contributed by atoms with Gasteiger partial charge in [-0.15, -0.1) is 0 Å². The van der Waals surface area contributed by atoms with Gasteiger partial charge in [0.1, 0.15) is 24.7 Å². The van der Waals surface area contributed by atoms with Gasteiger partial charge in [0.05, 0.1) is 74.6 Å². The van der Waals surface area contributed by atoms with Gasteiger partial charge >= 0.3 is 12.2 Å². The van der Waals surface area contributed by atoms with E-state index in [-0.39, 0.29) is 108 Å². The number of carbonyl (C=O) groups is 6. The summed E-state index contributed by atoms with van der Waals surface area (Å²) >= 11 is 0. The van der Waals surface area contributed by atoms with E-state index in [2.05, 4.69) is 11.9 Å². The van der Waals surface area contributed by atoms with Gasteiger partial charge in [-0.25, -0.2) is 14.5 Å². The Labute approximate surface area is 454 Å². The van der Waals surface area contributed by atoms with E-state index in [0.717, 1.165) is 34.4 Å². The Morgan fingerprint density at radius 2 is 1.54 bits per heavy atom. The third-order valence-electron chi connectivity index (χ3n) is 15.7. The summed E-state index contributed by atoms with van der Waals surface area (Å²) in [4.78, 5) is 88.3. The highest BCUT2D eigenvalue weighted by Gasteiger charge is 2.58. The number of anilines is 2. The number of aryl methyl sites for hydroxylation is 1. The lowest BCUT2D eigenvalue weighted by Crippen LogP contribution is -2.50. The molecular weight excluding hydrogens is 999 g/mol. The molecule has 5 amide bonds. The number of hydrogen-bond acceptors (Lipinski definition) is 13. The lowest BCUT2D eigenvalue weighted by atomic mass is 9.96. The number of fused-ring (bicyclic) bond motifs is 4. The molecule has 4 heterocycles. The molecule has 0 bridgehead atoms. The van der Waals surface area contributed by atoms with Crippen LogP contribution in [0.25, 0.3) is 5.57 Å². The Hall–Kier alpha value is -7.86. The maximum Gasteiger partial charge on any atom is 0.416 e. The van der Waals surface area contributed by atoms with E-state index in [1.807, 2.05) is 58.2 Å². The van der Waals surface area contributed by atoms with E-state index in [9.17, 15) is 33.9 Å². The Morgan fingerprint density at radius 1 is 0.833 bits per heavy atom. The highest BCUT2D eigenvalue weighted by atomic mass is 16.6. The standard InChI is InChI=1S/C60H69N5O13/c1-9-20-77-58(71)63-32-43-25-42(41-12-10-13-44(26-41)73-7)31-62(43)55(68)46-27-52(74-8)53(28-47(46)63)76-22-11-21-75-51-29-48-45(23-36(51)4)56(69)64-34-60(18-19-60)30-49(64)57(70)65(48)59(72)78-33-40-16-14-39(15-17-40)24-50(66)38(6)61-54(67)37(5)35(2)3/h9-10,12-17,23,26-29,31,35,37-38,43,49,57,70H,1,11,18-22,24-25,30,32-34H2,2-8H3,(H,61,67)/t37-,38-,43-,49-,57?/m0/s1. The van der Waals surface area contributed by atoms with Gasteiger partial charge in [-0.1, -0.05) is 69.8 Å². The molecule has 1 saturated carbocycles. The molecule has 18 heteroatoms. The summed E-state index contributed by atoms with van der Waals surface area (Å²) in [6.07, 6.45) is 3.72. The predicted molar refractivity (Wildman–Crippen MR) is 291 cm³/mol. The molecule has 4 aliphatic heterocycles. The normalized spacial score (nSPS) is 19.6. The number of aliphatic hydroxyl groups excluding tert-OH is 1. The molecule has 2 N–H and O–H groups in total. The second kappa shape index (κ2) is 23.0. The van der Waals surface area contributed by atoms with Crippen LogP contribution in [0.5, 0.6) is 23.0 Å². The SMILES string of the molecule is C=CCOC(=O)N1C[C@@H]2CC(c3cccc(OC)c3)=CN2C(=O)c2cc(OC)c(OCCCOc3cc4c(cc3C)C(=O)N3CC5(CC5)C[C@H]3C(O)N4C(=O)OCc3ccc(CC(=O)[C@H](C)NC(=O)[C@@H](C)C(C)C)cc3)cc21. The number of amides is 5. The van der Waals surface area contributed by atoms with Crippen molar-refractivity contribution in [3.63, 3.8) is 0 Å². The van der Waals surface area contributed by atoms with Crippen LogP contribution < -0.4 is 34.1 Å². The highest BCUT2D eigenvalue weighted by molar-refractivity contribution is 6.07. The van der Waals surface area contributed by atoms with Gasteiger partial charge in [0.15, 0.2) is 23.5 Å². The van der Waals surface area contributed by atoms with Gasteiger partial charge in [0, 0.05) is 43.6 Å². The zero-order valence-electron chi connectivity index (χ0n) is 45.4. The van der Waals surface area contributed by atoms with E-state index >= 15 is 0 Å². The number of ether oxygens (including phenoxy) is 6. The Bertz CT molecular complexity index is 3020. The Balaban J connectivity index is 0.883. The van der Waals surface area contributed by atoms with Crippen molar-refractivity contribution in [2.75, 3.05) is 56.9 Å². The van der Waals surface area contributed by atoms with Gasteiger partial charge in [0.2, 0.25) is 5.91 Å². The van der Waals surface area contributed by atoms with Crippen LogP contribution in [0.4, 0.5) is 21.0 Å². The third kappa shape index (κ3) is 11.4. The molecule has 1 aliphatic carbocycles. The number of nitrogens with zero attached hydrogens (tertiary/aromatic N) is 4. The molecule has 0 radical (unpaired) electrons. The number of Topliss-reactive ketones (excluding diaryl/α,β-unsaturated/α-hetero) is 1. The molecule has 9 rings (SSSR count). The van der Waals surface area contributed by atoms with Crippen molar-refractivity contribution in [1.29, 1.82) is 0 Å². The van der Waals surface area contributed by atoms with Crippen molar-refractivity contribution in [2.45, 2.75) is 104 Å². The van der Waals surface area contributed by atoms with Crippen LogP contribution in [0.3, 0.4) is 0 Å². The van der Waals surface area contributed by atoms with Crippen LogP contribution in [-0.2, 0) is 32.1 Å². The molecule has 18 nitrogen and oxygen atoms in total. The van der Waals surface area contributed by atoms with E-state index < -0.39 is 36.5 Å². The van der Waals surface area contributed by atoms with E-state index in [4.69, 9.17) is 28.4 Å². The fourth-order valence-corrected chi connectivity index (χ4v) is 10.6. The molecule has 412 valence electrons. The number of carbonyl (C=O) groups excluding carboxylic acids is 6. The molecule has 5 aliphatic rings. The first-order valence-corrected chi connectivity index (χ1v) is 26.6. The molecule has 78 heavy (non-hydrogen) atoms. The number of rotatable bonds is 19. The summed E-state index contributed by atoms with van der Waals surface area (Å²) in [7, 11) is 3.06. The number of ketones is 1. The monoisotopic (exact) mass is 1070 g/mol. The van der Waals surface area contributed by atoms with Crippen molar-refractivity contribution in [1.82, 2.24) is 15.1 Å². The van der Waals surface area contributed by atoms with Crippen LogP contribution in [0.15, 0.2) is 91.7 Å². The van der Waals surface area contributed by atoms with Gasteiger partial charge in [-0.2, -0.15) is 0 Å². The number of nitrogens with one attached hydrogen (secondary N) is 1. The topological polar surface area (TPSA) is 203 Å². The van der Waals surface area contributed by atoms with Crippen molar-refractivity contribution in [2.24, 2.45) is 17.3 Å². The van der Waals surface area contributed by atoms with Gasteiger partial charge < -0.3 is 48.6 Å². The lowest BCUT2D eigenvalue weighted by molar-refractivity contribution is -0.130. The summed E-state index contributed by atoms with van der Waals surface area (Å²) in [6, 6.07) is 19.4. The van der Waals surface area contributed by atoms with E-state index in [1.165, 1.54) is 18.1 Å². The van der Waals surface area contributed by atoms with Crippen LogP contribution >= 0.6 is 0 Å². The summed E-state index contributed by atoms with van der Waals surface area (Å²) in [5, 5.41) is 14.9. The average molecular weight is 1070 g/mol. The second-order valence-electron chi connectivity index (χ2n) is 21.4. The minimum Gasteiger partial charge on any atom is -0.497 e. The third-order valence-corrected chi connectivity index (χ3v) is 15.7. The smallest absolute Gasteiger partial charge is 0.416 e. The van der Waals surface area contributed by atoms with Crippen LogP contribution in [-0.4, -0.2) is 122 Å². The molecular formula is C60H69N5O13. The lowest BCUT2D eigenvalue weighted by Gasteiger charge is -2.31. The van der Waals surface area contributed by atoms with Crippen molar-refractivity contribution < 1.29 is 62.3 Å². The zero-order chi connectivity index (χ0) is 55.6. The van der Waals surface area contributed by atoms with Crippen LogP contribution in [0.1, 0.15) is 103 Å². The van der Waals surface area contributed by atoms with Gasteiger partial charge in [-0.3, -0.25) is 24.1 Å². The summed E-state index contributed by atoms with van der Waals surface area (Å²) in [5.41, 5.74) is 4.65. The van der Waals surface area contributed by atoms with Crippen LogP contribution in [0, 0.1) is 24.2 Å². The summed E-state index contributed by atoms with van der Waals surface area (Å²) < 4.78 is 35.2. The minimum atomic E-state index is -1.42. The molecule has 2 fully saturated rings. The maximum atomic E-state index is 14.4. The number of benzene rings is 4. The molecule has 1 unspecified atom stereocenters. The van der Waals surface area contributed by atoms with E-state index in [1.54, 1.807) is 72.4 Å². The molecule has 1 saturated heterocycles. The number of methoxy groups -OCH3 is 2. The summed E-state index contributed by atoms with van der Waals surface area (Å²) in [5.74, 6) is 0.611.